The zero-order valence-corrected chi connectivity index (χ0v) is 19.8. The number of rotatable bonds is 7. The molecule has 3 aromatic heterocycles. The molecule has 180 valence electrons. The number of benzene rings is 1. The second-order valence-electron chi connectivity index (χ2n) is 9.42. The number of hydrogen-bond acceptors (Lipinski definition) is 7. The zero-order valence-electron chi connectivity index (χ0n) is 19.8. The van der Waals surface area contributed by atoms with Crippen LogP contribution in [0.3, 0.4) is 0 Å². The van der Waals surface area contributed by atoms with Gasteiger partial charge in [-0.15, -0.1) is 0 Å². The van der Waals surface area contributed by atoms with Crippen LogP contribution in [0.1, 0.15) is 36.9 Å². The smallest absolute Gasteiger partial charge is 0.229 e. The second kappa shape index (κ2) is 9.31. The molecule has 4 heterocycles. The Bertz CT molecular complexity index is 1320. The Labute approximate surface area is 203 Å². The molecule has 8 nitrogen and oxygen atoms in total. The molecule has 0 unspecified atom stereocenters. The van der Waals surface area contributed by atoms with Gasteiger partial charge in [0.2, 0.25) is 5.95 Å². The van der Waals surface area contributed by atoms with E-state index in [0.29, 0.717) is 23.2 Å². The first-order chi connectivity index (χ1) is 17.2. The fraction of sp³-hybridized carbons (Fsp3) is 0.385. The molecule has 1 aromatic carbocycles. The summed E-state index contributed by atoms with van der Waals surface area (Å²) in [5, 5.41) is 11.7. The van der Waals surface area contributed by atoms with Gasteiger partial charge in [0.1, 0.15) is 11.5 Å². The van der Waals surface area contributed by atoms with Crippen molar-refractivity contribution in [3.63, 3.8) is 0 Å². The van der Waals surface area contributed by atoms with Gasteiger partial charge in [-0.3, -0.25) is 10.00 Å². The minimum atomic E-state index is -0.460. The Hall–Kier alpha value is -3.43. The van der Waals surface area contributed by atoms with Crippen LogP contribution in [0.2, 0.25) is 0 Å². The topological polar surface area (TPSA) is 85.9 Å². The van der Waals surface area contributed by atoms with E-state index in [1.807, 2.05) is 30.5 Å². The summed E-state index contributed by atoms with van der Waals surface area (Å²) in [6.45, 7) is 8.60. The molecule has 0 atom stereocenters. The summed E-state index contributed by atoms with van der Waals surface area (Å²) in [5.41, 5.74) is 4.15. The van der Waals surface area contributed by atoms with Gasteiger partial charge >= 0.3 is 0 Å². The molecule has 35 heavy (non-hydrogen) atoms. The highest BCUT2D eigenvalue weighted by molar-refractivity contribution is 5.87. The van der Waals surface area contributed by atoms with Gasteiger partial charge in [-0.25, -0.2) is 19.3 Å². The average Bonchev–Trinajstić information content (AvgIpc) is 3.65. The minimum Gasteiger partial charge on any atom is -0.309 e. The van der Waals surface area contributed by atoms with Crippen LogP contribution in [-0.2, 0) is 6.54 Å². The van der Waals surface area contributed by atoms with Crippen LogP contribution in [0, 0.1) is 5.82 Å². The third-order valence-electron chi connectivity index (χ3n) is 6.97. The maximum Gasteiger partial charge on any atom is 0.229 e. The van der Waals surface area contributed by atoms with Crippen LogP contribution in [0.15, 0.2) is 42.7 Å². The van der Waals surface area contributed by atoms with Crippen molar-refractivity contribution in [2.45, 2.75) is 32.2 Å². The van der Waals surface area contributed by atoms with Crippen molar-refractivity contribution in [2.75, 3.05) is 38.0 Å². The molecular weight excluding hydrogens is 443 g/mol. The number of nitrogens with zero attached hydrogens (tertiary/aromatic N) is 6. The Balaban J connectivity index is 1.17. The highest BCUT2D eigenvalue weighted by Crippen LogP contribution is 2.42. The average molecular weight is 473 g/mol. The summed E-state index contributed by atoms with van der Waals surface area (Å²) in [6, 6.07) is 9.71. The summed E-state index contributed by atoms with van der Waals surface area (Å²) in [4.78, 5) is 18.1. The van der Waals surface area contributed by atoms with Crippen molar-refractivity contribution in [1.29, 1.82) is 0 Å². The molecule has 0 amide bonds. The molecule has 9 heteroatoms. The summed E-state index contributed by atoms with van der Waals surface area (Å²) in [6.07, 6.45) is 5.42. The second-order valence-corrected chi connectivity index (χ2v) is 9.42. The standard InChI is InChI=1S/C26H29FN8/c1-2-34-9-11-35(12-10-34)16-17-3-8-23(28-14-17)30-26-29-15-21(27)25(31-26)19-6-7-22-20(13-19)24(33-32-22)18-4-5-18/h3,6-8,13-15,18H,2,4-5,9-12,16H2,1H3,(H,32,33)(H,28,29,30,31). The van der Waals surface area contributed by atoms with Gasteiger partial charge in [-0.2, -0.15) is 5.10 Å². The SMILES string of the molecule is CCN1CCN(Cc2ccc(Nc3ncc(F)c(-c4ccc5n[nH]c(C6CC6)c5c4)n3)nc2)CC1. The van der Waals surface area contributed by atoms with Gasteiger partial charge in [0, 0.05) is 61.5 Å². The zero-order chi connectivity index (χ0) is 23.8. The first-order valence-electron chi connectivity index (χ1n) is 12.3. The molecule has 1 saturated heterocycles. The van der Waals surface area contributed by atoms with Crippen LogP contribution in [-0.4, -0.2) is 67.7 Å². The van der Waals surface area contributed by atoms with Crippen molar-refractivity contribution >= 4 is 22.7 Å². The lowest BCUT2D eigenvalue weighted by Gasteiger charge is -2.33. The fourth-order valence-electron chi connectivity index (χ4n) is 4.72. The molecule has 1 aliphatic carbocycles. The van der Waals surface area contributed by atoms with E-state index < -0.39 is 5.82 Å². The van der Waals surface area contributed by atoms with Crippen molar-refractivity contribution in [2.24, 2.45) is 0 Å². The molecule has 0 radical (unpaired) electrons. The fourth-order valence-corrected chi connectivity index (χ4v) is 4.72. The Morgan fingerprint density at radius 1 is 1.03 bits per heavy atom. The number of piperazine rings is 1. The number of halogens is 1. The van der Waals surface area contributed by atoms with E-state index in [4.69, 9.17) is 0 Å². The number of likely N-dealkylation sites (N-methyl/N-ethyl adjacent to an activating group) is 1. The minimum absolute atomic E-state index is 0.259. The molecule has 0 bridgehead atoms. The number of pyridine rings is 1. The number of H-pyrrole nitrogens is 1. The van der Waals surface area contributed by atoms with Crippen molar-refractivity contribution in [3.05, 3.63) is 59.8 Å². The Kier molecular flexibility index (Phi) is 5.87. The van der Waals surface area contributed by atoms with Crippen molar-refractivity contribution < 1.29 is 4.39 Å². The Morgan fingerprint density at radius 2 is 1.86 bits per heavy atom. The molecule has 2 aliphatic rings. The first-order valence-corrected chi connectivity index (χ1v) is 12.3. The van der Waals surface area contributed by atoms with E-state index in [0.717, 1.165) is 55.9 Å². The third-order valence-corrected chi connectivity index (χ3v) is 6.97. The normalized spacial score (nSPS) is 17.2. The van der Waals surface area contributed by atoms with E-state index in [1.54, 1.807) is 0 Å². The third kappa shape index (κ3) is 4.74. The van der Waals surface area contributed by atoms with Gasteiger partial charge in [0.25, 0.3) is 0 Å². The van der Waals surface area contributed by atoms with E-state index >= 15 is 0 Å². The van der Waals surface area contributed by atoms with Crippen molar-refractivity contribution in [3.8, 4) is 11.3 Å². The first kappa shape index (κ1) is 22.1. The van der Waals surface area contributed by atoms with E-state index in [9.17, 15) is 4.39 Å². The Morgan fingerprint density at radius 3 is 2.60 bits per heavy atom. The molecule has 6 rings (SSSR count). The van der Waals surface area contributed by atoms with Gasteiger partial charge in [-0.1, -0.05) is 19.1 Å². The molecule has 1 saturated carbocycles. The molecule has 4 aromatic rings. The number of aromatic amines is 1. The summed E-state index contributed by atoms with van der Waals surface area (Å²) in [7, 11) is 0. The molecule has 0 spiro atoms. The summed E-state index contributed by atoms with van der Waals surface area (Å²) in [5.74, 6) is 1.01. The largest absolute Gasteiger partial charge is 0.309 e. The molecule has 2 fully saturated rings. The molecular formula is C26H29FN8. The van der Waals surface area contributed by atoms with E-state index in [-0.39, 0.29) is 5.69 Å². The lowest BCUT2D eigenvalue weighted by Crippen LogP contribution is -2.45. The lowest BCUT2D eigenvalue weighted by molar-refractivity contribution is 0.132. The van der Waals surface area contributed by atoms with Crippen molar-refractivity contribution in [1.82, 2.24) is 34.9 Å². The maximum atomic E-state index is 14.7. The van der Waals surface area contributed by atoms with Gasteiger partial charge in [-0.05, 0) is 43.1 Å². The molecule has 2 N–H and O–H groups in total. The van der Waals surface area contributed by atoms with Crippen LogP contribution < -0.4 is 5.32 Å². The predicted octanol–water partition coefficient (Wildman–Crippen LogP) is 4.31. The van der Waals surface area contributed by atoms with Crippen LogP contribution in [0.25, 0.3) is 22.2 Å². The maximum absolute atomic E-state index is 14.7. The lowest BCUT2D eigenvalue weighted by atomic mass is 10.1. The van der Waals surface area contributed by atoms with Crippen LogP contribution >= 0.6 is 0 Å². The number of nitrogens with one attached hydrogen (secondary N) is 2. The summed E-state index contributed by atoms with van der Waals surface area (Å²) >= 11 is 0. The monoisotopic (exact) mass is 472 g/mol. The van der Waals surface area contributed by atoms with Gasteiger partial charge < -0.3 is 10.2 Å². The highest BCUT2D eigenvalue weighted by atomic mass is 19.1. The molecule has 1 aliphatic heterocycles. The highest BCUT2D eigenvalue weighted by Gasteiger charge is 2.27. The number of aromatic nitrogens is 5. The number of anilines is 2. The number of fused-ring (bicyclic) bond motifs is 1. The van der Waals surface area contributed by atoms with Gasteiger partial charge in [0.05, 0.1) is 11.7 Å². The predicted molar refractivity (Wildman–Crippen MR) is 134 cm³/mol. The quantitative estimate of drug-likeness (QED) is 0.414. The number of hydrogen-bond donors (Lipinski definition) is 2. The van der Waals surface area contributed by atoms with Gasteiger partial charge in [0.15, 0.2) is 5.82 Å². The van der Waals surface area contributed by atoms with E-state index in [2.05, 4.69) is 53.3 Å². The summed E-state index contributed by atoms with van der Waals surface area (Å²) < 4.78 is 14.7. The van der Waals surface area contributed by atoms with E-state index in [1.165, 1.54) is 24.6 Å². The van der Waals surface area contributed by atoms with Crippen LogP contribution in [0.4, 0.5) is 16.2 Å². The van der Waals surface area contributed by atoms with Crippen LogP contribution in [0.5, 0.6) is 0 Å².